The average Bonchev–Trinajstić information content (AvgIpc) is 3.40. The maximum absolute atomic E-state index is 14.5. The smallest absolute Gasteiger partial charge is 0.186 e. The number of anilines is 1. The Balaban J connectivity index is 1.60. The predicted molar refractivity (Wildman–Crippen MR) is 107 cm³/mol. The molecule has 0 amide bonds. The SMILES string of the molecule is Fc1ccccc1-c1nnn2c1nc(N1CCn3cncc3C1)c1ccccc12. The summed E-state index contributed by atoms with van der Waals surface area (Å²) in [6, 6.07) is 14.6. The largest absolute Gasteiger partial charge is 0.348 e. The monoisotopic (exact) mass is 385 g/mol. The average molecular weight is 385 g/mol. The van der Waals surface area contributed by atoms with Gasteiger partial charge in [0.05, 0.1) is 24.1 Å². The molecule has 29 heavy (non-hydrogen) atoms. The van der Waals surface area contributed by atoms with E-state index in [9.17, 15) is 4.39 Å². The lowest BCUT2D eigenvalue weighted by atomic mass is 10.1. The van der Waals surface area contributed by atoms with E-state index in [1.807, 2.05) is 36.8 Å². The molecule has 2 aromatic carbocycles. The Hall–Kier alpha value is -3.81. The van der Waals surface area contributed by atoms with Gasteiger partial charge in [-0.2, -0.15) is 4.52 Å². The van der Waals surface area contributed by atoms with Crippen molar-refractivity contribution in [3.05, 3.63) is 72.6 Å². The molecule has 6 rings (SSSR count). The van der Waals surface area contributed by atoms with Gasteiger partial charge in [0, 0.05) is 30.2 Å². The van der Waals surface area contributed by atoms with Crippen LogP contribution in [0, 0.1) is 5.82 Å². The molecule has 1 aliphatic heterocycles. The molecule has 7 nitrogen and oxygen atoms in total. The van der Waals surface area contributed by atoms with Gasteiger partial charge in [0.1, 0.15) is 17.3 Å². The Labute approximate surface area is 165 Å². The minimum atomic E-state index is -0.340. The fourth-order valence-electron chi connectivity index (χ4n) is 3.98. The number of para-hydroxylation sites is 1. The summed E-state index contributed by atoms with van der Waals surface area (Å²) in [4.78, 5) is 11.4. The number of hydrogen-bond acceptors (Lipinski definition) is 5. The van der Waals surface area contributed by atoms with Crippen molar-refractivity contribution < 1.29 is 4.39 Å². The normalized spacial score (nSPS) is 13.9. The third kappa shape index (κ3) is 2.42. The van der Waals surface area contributed by atoms with Gasteiger partial charge in [0.25, 0.3) is 0 Å². The van der Waals surface area contributed by atoms with Gasteiger partial charge in [0.2, 0.25) is 0 Å². The Kier molecular flexibility index (Phi) is 3.40. The van der Waals surface area contributed by atoms with E-state index >= 15 is 0 Å². The minimum absolute atomic E-state index is 0.340. The molecular weight excluding hydrogens is 369 g/mol. The van der Waals surface area contributed by atoms with Gasteiger partial charge >= 0.3 is 0 Å². The van der Waals surface area contributed by atoms with Gasteiger partial charge in [-0.25, -0.2) is 14.4 Å². The zero-order chi connectivity index (χ0) is 19.4. The second kappa shape index (κ2) is 6.10. The minimum Gasteiger partial charge on any atom is -0.348 e. The van der Waals surface area contributed by atoms with Crippen LogP contribution in [0.1, 0.15) is 5.69 Å². The van der Waals surface area contributed by atoms with E-state index in [0.717, 1.165) is 35.5 Å². The topological polar surface area (TPSA) is 64.1 Å². The summed E-state index contributed by atoms with van der Waals surface area (Å²) in [5, 5.41) is 9.54. The first-order valence-corrected chi connectivity index (χ1v) is 9.42. The van der Waals surface area contributed by atoms with Crippen molar-refractivity contribution in [2.75, 3.05) is 11.4 Å². The van der Waals surface area contributed by atoms with Crippen LogP contribution < -0.4 is 4.90 Å². The first-order chi connectivity index (χ1) is 14.3. The lowest BCUT2D eigenvalue weighted by Crippen LogP contribution is -2.34. The van der Waals surface area contributed by atoms with Gasteiger partial charge in [-0.15, -0.1) is 5.10 Å². The molecule has 0 unspecified atom stereocenters. The lowest BCUT2D eigenvalue weighted by molar-refractivity contribution is 0.568. The van der Waals surface area contributed by atoms with E-state index < -0.39 is 0 Å². The Morgan fingerprint density at radius 3 is 2.76 bits per heavy atom. The molecule has 0 spiro atoms. The molecule has 8 heteroatoms. The molecule has 5 aromatic rings. The molecular formula is C21H16FN7. The summed E-state index contributed by atoms with van der Waals surface area (Å²) in [7, 11) is 0. The van der Waals surface area contributed by atoms with Crippen LogP contribution in [0.3, 0.4) is 0 Å². The van der Waals surface area contributed by atoms with Gasteiger partial charge in [-0.1, -0.05) is 29.5 Å². The van der Waals surface area contributed by atoms with E-state index in [2.05, 4.69) is 24.8 Å². The number of imidazole rings is 1. The first-order valence-electron chi connectivity index (χ1n) is 9.42. The summed E-state index contributed by atoms with van der Waals surface area (Å²) in [5.41, 5.74) is 3.41. The maximum Gasteiger partial charge on any atom is 0.186 e. The van der Waals surface area contributed by atoms with Crippen LogP contribution in [-0.2, 0) is 13.1 Å². The molecule has 142 valence electrons. The Morgan fingerprint density at radius 1 is 0.966 bits per heavy atom. The Bertz CT molecular complexity index is 1370. The van der Waals surface area contributed by atoms with E-state index in [-0.39, 0.29) is 5.82 Å². The van der Waals surface area contributed by atoms with E-state index in [1.54, 1.807) is 22.7 Å². The van der Waals surface area contributed by atoms with Crippen LogP contribution in [0.15, 0.2) is 61.1 Å². The summed E-state index contributed by atoms with van der Waals surface area (Å²) in [6.45, 7) is 2.37. The zero-order valence-corrected chi connectivity index (χ0v) is 15.4. The van der Waals surface area contributed by atoms with Crippen molar-refractivity contribution in [2.24, 2.45) is 0 Å². The van der Waals surface area contributed by atoms with Gasteiger partial charge in [0.15, 0.2) is 5.65 Å². The second-order valence-corrected chi connectivity index (χ2v) is 7.11. The number of nitrogens with zero attached hydrogens (tertiary/aromatic N) is 7. The number of hydrogen-bond donors (Lipinski definition) is 0. The maximum atomic E-state index is 14.5. The van der Waals surface area contributed by atoms with Crippen molar-refractivity contribution in [2.45, 2.75) is 13.1 Å². The standard InChI is InChI=1S/C21H16FN7/c22-17-7-3-1-5-15(17)19-21-24-20(27-9-10-28-13-23-11-14(28)12-27)16-6-2-4-8-18(16)29(21)26-25-19/h1-8,11,13H,9-10,12H2. The van der Waals surface area contributed by atoms with Crippen LogP contribution >= 0.6 is 0 Å². The summed E-state index contributed by atoms with van der Waals surface area (Å²) < 4.78 is 18.3. The molecule has 0 N–H and O–H groups in total. The van der Waals surface area contributed by atoms with E-state index in [1.165, 1.54) is 6.07 Å². The molecule has 3 aromatic heterocycles. The highest BCUT2D eigenvalue weighted by molar-refractivity contribution is 5.93. The molecule has 0 saturated carbocycles. The van der Waals surface area contributed by atoms with Crippen LogP contribution in [0.2, 0.25) is 0 Å². The van der Waals surface area contributed by atoms with Gasteiger partial charge in [-0.05, 0) is 24.3 Å². The number of fused-ring (bicyclic) bond motifs is 4. The summed E-state index contributed by atoms with van der Waals surface area (Å²) >= 11 is 0. The van der Waals surface area contributed by atoms with Gasteiger partial charge in [-0.3, -0.25) is 0 Å². The van der Waals surface area contributed by atoms with Crippen LogP contribution in [-0.4, -0.2) is 35.9 Å². The molecule has 0 fully saturated rings. The zero-order valence-electron chi connectivity index (χ0n) is 15.4. The molecule has 1 aliphatic rings. The molecule has 4 heterocycles. The number of rotatable bonds is 2. The molecule has 0 aliphatic carbocycles. The van der Waals surface area contributed by atoms with Crippen LogP contribution in [0.5, 0.6) is 0 Å². The van der Waals surface area contributed by atoms with E-state index in [0.29, 0.717) is 23.4 Å². The highest BCUT2D eigenvalue weighted by atomic mass is 19.1. The second-order valence-electron chi connectivity index (χ2n) is 7.11. The first kappa shape index (κ1) is 16.2. The van der Waals surface area contributed by atoms with E-state index in [4.69, 9.17) is 4.98 Å². The summed E-state index contributed by atoms with van der Waals surface area (Å²) in [5.74, 6) is 0.508. The van der Waals surface area contributed by atoms with Crippen LogP contribution in [0.25, 0.3) is 27.8 Å². The van der Waals surface area contributed by atoms with Gasteiger partial charge < -0.3 is 9.47 Å². The molecule has 0 bridgehead atoms. The van der Waals surface area contributed by atoms with Crippen molar-refractivity contribution in [3.8, 4) is 11.3 Å². The van der Waals surface area contributed by atoms with Crippen molar-refractivity contribution in [1.29, 1.82) is 0 Å². The Morgan fingerprint density at radius 2 is 1.83 bits per heavy atom. The number of benzene rings is 2. The summed E-state index contributed by atoms with van der Waals surface area (Å²) in [6.07, 6.45) is 3.75. The predicted octanol–water partition coefficient (Wildman–Crippen LogP) is 3.30. The third-order valence-electron chi connectivity index (χ3n) is 5.42. The fraction of sp³-hybridized carbons (Fsp3) is 0.143. The van der Waals surface area contributed by atoms with Crippen molar-refractivity contribution in [1.82, 2.24) is 29.4 Å². The third-order valence-corrected chi connectivity index (χ3v) is 5.42. The fourth-order valence-corrected chi connectivity index (χ4v) is 3.98. The molecule has 0 atom stereocenters. The highest BCUT2D eigenvalue weighted by Gasteiger charge is 2.23. The molecule has 0 radical (unpaired) electrons. The van der Waals surface area contributed by atoms with Crippen molar-refractivity contribution >= 4 is 22.4 Å². The number of halogens is 1. The lowest BCUT2D eigenvalue weighted by Gasteiger charge is -2.30. The van der Waals surface area contributed by atoms with Crippen molar-refractivity contribution in [3.63, 3.8) is 0 Å². The van der Waals surface area contributed by atoms with Crippen LogP contribution in [0.4, 0.5) is 10.2 Å². The number of aromatic nitrogens is 6. The quantitative estimate of drug-likeness (QED) is 0.467. The molecule has 0 saturated heterocycles. The highest BCUT2D eigenvalue weighted by Crippen LogP contribution is 2.32.